The smallest absolute Gasteiger partial charge is 0.305 e. The van der Waals surface area contributed by atoms with E-state index in [4.69, 9.17) is 12.3 Å². The Morgan fingerprint density at radius 1 is 0.444 bits per heavy atom. The SMILES string of the molecule is [2H]C([2H])([2H])c1ccc(-c2[c-]cc(-c3ccccc3-c3cc(CCc4c[c-]c(-c5ccccn5)cc4)cc(CCc4c[c-]c(-c5ccccn5)cc4)c3)c(-c3ccc(-c4cc(C#N)c(C([2H])([2H])[2H])c(C([2H])([2H])[2H])c4C#N)cc3)c2)nc1.[Ir+3]. The van der Waals surface area contributed by atoms with Crippen LogP contribution in [0.1, 0.15) is 62.4 Å². The molecule has 0 fully saturated rings. The molecule has 3 heterocycles. The maximum Gasteiger partial charge on any atom is 3.00 e. The topological polar surface area (TPSA) is 86.2 Å². The maximum atomic E-state index is 10.5. The monoisotopic (exact) mass is 1110 g/mol. The van der Waals surface area contributed by atoms with Crippen LogP contribution >= 0.6 is 0 Å². The number of hydrogen-bond donors (Lipinski definition) is 0. The third kappa shape index (κ3) is 10.7. The Labute approximate surface area is 449 Å². The molecule has 0 amide bonds. The fourth-order valence-corrected chi connectivity index (χ4v) is 8.94. The van der Waals surface area contributed by atoms with E-state index in [0.29, 0.717) is 22.4 Å². The first-order chi connectivity index (χ1) is 38.4. The number of hydrogen-bond acceptors (Lipinski definition) is 5. The van der Waals surface area contributed by atoms with Crippen LogP contribution in [0.3, 0.4) is 0 Å². The van der Waals surface area contributed by atoms with Crippen LogP contribution in [0.25, 0.3) is 78.3 Å². The Morgan fingerprint density at radius 2 is 1.03 bits per heavy atom. The van der Waals surface area contributed by atoms with E-state index in [9.17, 15) is 10.5 Å². The molecule has 346 valence electrons. The molecule has 10 aromatic rings. The average molecular weight is 1110 g/mol. The van der Waals surface area contributed by atoms with Crippen LogP contribution in [-0.2, 0) is 45.8 Å². The van der Waals surface area contributed by atoms with Gasteiger partial charge < -0.3 is 15.0 Å². The zero-order chi connectivity index (χ0) is 56.2. The van der Waals surface area contributed by atoms with Crippen LogP contribution in [-0.4, -0.2) is 15.0 Å². The Morgan fingerprint density at radius 3 is 1.56 bits per heavy atom. The summed E-state index contributed by atoms with van der Waals surface area (Å²) >= 11 is 0. The second-order valence-corrected chi connectivity index (χ2v) is 17.2. The second kappa shape index (κ2) is 22.1. The van der Waals surface area contributed by atoms with E-state index in [0.717, 1.165) is 98.3 Å². The zero-order valence-electron chi connectivity index (χ0n) is 47.8. The van der Waals surface area contributed by atoms with E-state index < -0.39 is 31.7 Å². The fraction of sp³-hybridized carbons (Fsp3) is 0.106. The molecule has 3 aromatic heterocycles. The van der Waals surface area contributed by atoms with Gasteiger partial charge in [-0.05, 0) is 119 Å². The van der Waals surface area contributed by atoms with Crippen LogP contribution in [0, 0.1) is 61.4 Å². The summed E-state index contributed by atoms with van der Waals surface area (Å²) in [5.41, 5.74) is 13.0. The van der Waals surface area contributed by atoms with E-state index in [1.54, 1.807) is 30.6 Å². The van der Waals surface area contributed by atoms with Crippen molar-refractivity contribution in [1.82, 2.24) is 15.0 Å². The maximum absolute atomic E-state index is 10.5. The molecule has 0 atom stereocenters. The molecule has 0 aliphatic carbocycles. The third-order valence-electron chi connectivity index (χ3n) is 12.7. The van der Waals surface area contributed by atoms with Gasteiger partial charge in [0, 0.05) is 36.5 Å². The molecular weight excluding hydrogens is 1050 g/mol. The van der Waals surface area contributed by atoms with Crippen LogP contribution in [0.4, 0.5) is 0 Å². The van der Waals surface area contributed by atoms with Crippen LogP contribution in [0.2, 0.25) is 0 Å². The summed E-state index contributed by atoms with van der Waals surface area (Å²) in [6, 6.07) is 68.6. The standard InChI is InChI=1S/C66H48N5.Ir/c1-44-14-33-66(71-43-44)55-31-32-60(61(39-55)51-27-29-52(30-28-51)62-40-57(41-67)45(2)46(3)63(62)42-68)59-11-5-4-10-58(59)56-37-49(17-15-47-19-23-53(24-20-47)64-12-6-8-34-69-64)36-50(38-56)18-16-48-21-25-54(26-22-48)65-13-7-9-35-70-65;/h4-14,19-23,25,27-30,32-40,43H,15-18H2,1-3H3;/q-3;+3/i1D3,2D3,3D3;. The van der Waals surface area contributed by atoms with Crippen molar-refractivity contribution in [3.05, 3.63) is 257 Å². The average Bonchev–Trinajstić information content (AvgIpc) is 3.48. The number of rotatable bonds is 13. The van der Waals surface area contributed by atoms with E-state index >= 15 is 0 Å². The van der Waals surface area contributed by atoms with Gasteiger partial charge in [-0.3, -0.25) is 0 Å². The number of pyridine rings is 3. The molecule has 0 saturated carbocycles. The van der Waals surface area contributed by atoms with Crippen molar-refractivity contribution >= 4 is 0 Å². The van der Waals surface area contributed by atoms with Crippen LogP contribution < -0.4 is 0 Å². The largest absolute Gasteiger partial charge is 3.00 e. The number of nitriles is 2. The Balaban J connectivity index is 0.00000792. The second-order valence-electron chi connectivity index (χ2n) is 17.2. The summed E-state index contributed by atoms with van der Waals surface area (Å²) in [6.07, 6.45) is 7.97. The number of benzene rings is 7. The summed E-state index contributed by atoms with van der Waals surface area (Å²) in [4.78, 5) is 13.5. The van der Waals surface area contributed by atoms with E-state index in [2.05, 4.69) is 87.7 Å². The summed E-state index contributed by atoms with van der Waals surface area (Å²) in [5, 5.41) is 20.6. The summed E-state index contributed by atoms with van der Waals surface area (Å²) in [5.74, 6) is 0. The number of aryl methyl sites for hydroxylation is 5. The molecule has 0 spiro atoms. The van der Waals surface area contributed by atoms with Crippen molar-refractivity contribution in [2.75, 3.05) is 0 Å². The molecule has 0 saturated heterocycles. The van der Waals surface area contributed by atoms with Gasteiger partial charge in [0.05, 0.1) is 17.2 Å². The molecule has 0 N–H and O–H groups in total. The van der Waals surface area contributed by atoms with Gasteiger partial charge in [-0.25, -0.2) is 0 Å². The van der Waals surface area contributed by atoms with Crippen molar-refractivity contribution in [3.8, 4) is 90.4 Å². The molecule has 0 aliphatic heterocycles. The van der Waals surface area contributed by atoms with Crippen molar-refractivity contribution < 1.29 is 32.4 Å². The van der Waals surface area contributed by atoms with Crippen molar-refractivity contribution in [2.24, 2.45) is 0 Å². The minimum Gasteiger partial charge on any atom is -0.305 e. The first-order valence-corrected chi connectivity index (χ1v) is 23.2. The predicted molar refractivity (Wildman–Crippen MR) is 286 cm³/mol. The molecule has 7 aromatic carbocycles. The van der Waals surface area contributed by atoms with Crippen molar-refractivity contribution in [2.45, 2.75) is 46.2 Å². The van der Waals surface area contributed by atoms with Gasteiger partial charge >= 0.3 is 20.1 Å². The molecule has 0 bridgehead atoms. The molecule has 0 aliphatic rings. The Bertz CT molecular complexity index is 3840. The Kier molecular flexibility index (Phi) is 11.8. The summed E-state index contributed by atoms with van der Waals surface area (Å²) in [7, 11) is 0. The van der Waals surface area contributed by atoms with E-state index in [-0.39, 0.29) is 42.4 Å². The third-order valence-corrected chi connectivity index (χ3v) is 12.7. The van der Waals surface area contributed by atoms with Crippen LogP contribution in [0.15, 0.2) is 188 Å². The fourth-order valence-electron chi connectivity index (χ4n) is 8.94. The molecule has 0 unspecified atom stereocenters. The van der Waals surface area contributed by atoms with Gasteiger partial charge in [-0.1, -0.05) is 133 Å². The van der Waals surface area contributed by atoms with Gasteiger partial charge in [0.25, 0.3) is 0 Å². The van der Waals surface area contributed by atoms with Gasteiger partial charge in [-0.15, -0.1) is 94.5 Å². The van der Waals surface area contributed by atoms with Gasteiger partial charge in [0.1, 0.15) is 6.07 Å². The first kappa shape index (κ1) is 38.4. The first-order valence-electron chi connectivity index (χ1n) is 27.7. The predicted octanol–water partition coefficient (Wildman–Crippen LogP) is 15.2. The Hall–Kier alpha value is -8.38. The van der Waals surface area contributed by atoms with Crippen molar-refractivity contribution in [1.29, 1.82) is 10.5 Å². The minimum absolute atomic E-state index is 0. The van der Waals surface area contributed by atoms with Crippen molar-refractivity contribution in [3.63, 3.8) is 0 Å². The van der Waals surface area contributed by atoms with Gasteiger partial charge in [0.15, 0.2) is 0 Å². The number of nitrogens with zero attached hydrogens (tertiary/aromatic N) is 5. The number of aromatic nitrogens is 3. The van der Waals surface area contributed by atoms with Crippen LogP contribution in [0.5, 0.6) is 0 Å². The van der Waals surface area contributed by atoms with Gasteiger partial charge in [0.2, 0.25) is 0 Å². The molecular formula is C66H48IrN5. The summed E-state index contributed by atoms with van der Waals surface area (Å²) < 4.78 is 73.2. The van der Waals surface area contributed by atoms with E-state index in [1.807, 2.05) is 97.1 Å². The van der Waals surface area contributed by atoms with Gasteiger partial charge in [-0.2, -0.15) is 10.5 Å². The normalized spacial score (nSPS) is 13.2. The summed E-state index contributed by atoms with van der Waals surface area (Å²) in [6.45, 7) is -8.36. The minimum atomic E-state index is -3.02. The molecule has 0 radical (unpaired) electrons. The molecule has 5 nitrogen and oxygen atoms in total. The molecule has 10 rings (SSSR count). The quantitative estimate of drug-likeness (QED) is 0.107. The molecule has 6 heteroatoms. The molecule has 72 heavy (non-hydrogen) atoms. The zero-order valence-corrected chi connectivity index (χ0v) is 41.2. The van der Waals surface area contributed by atoms with E-state index in [1.165, 1.54) is 18.3 Å².